The number of hydrogen-bond acceptors (Lipinski definition) is 6. The Kier molecular flexibility index (Phi) is 8.53. The van der Waals surface area contributed by atoms with Gasteiger partial charge in [-0.1, -0.05) is 0 Å². The summed E-state index contributed by atoms with van der Waals surface area (Å²) in [5.74, 6) is 1.19. The normalized spacial score (nSPS) is 15.2. The van der Waals surface area contributed by atoms with Gasteiger partial charge in [0.1, 0.15) is 11.5 Å². The molecule has 4 rings (SSSR count). The molecule has 184 valence electrons. The van der Waals surface area contributed by atoms with Crippen molar-refractivity contribution in [3.05, 3.63) is 78.3 Å². The lowest BCUT2D eigenvalue weighted by atomic mass is 10.2. The van der Waals surface area contributed by atoms with E-state index in [9.17, 15) is 9.59 Å². The van der Waals surface area contributed by atoms with Crippen molar-refractivity contribution in [2.45, 2.75) is 32.4 Å². The smallest absolute Gasteiger partial charge is 0.255 e. The average molecular weight is 478 g/mol. The fourth-order valence-corrected chi connectivity index (χ4v) is 4.00. The van der Waals surface area contributed by atoms with Gasteiger partial charge in [0.2, 0.25) is 5.91 Å². The van der Waals surface area contributed by atoms with Crippen molar-refractivity contribution >= 4 is 23.2 Å². The van der Waals surface area contributed by atoms with Crippen LogP contribution in [-0.4, -0.2) is 49.1 Å². The standard InChI is InChI=1S/C27H31N3O5/c1-2-33-23-13-11-22(12-14-23)29-27(32)20-7-9-21(10-8-20)28-26(31)19-30(17-24-5-3-15-34-24)18-25-6-4-16-35-25/h3,5,7-15,25H,2,4,6,16-19H2,1H3,(H,28,31)(H,29,32). The SMILES string of the molecule is CCOc1ccc(NC(=O)c2ccc(NC(=O)CN(Cc3ccco3)CC3CCCO3)cc2)cc1. The van der Waals surface area contributed by atoms with Crippen LogP contribution in [0.2, 0.25) is 0 Å². The van der Waals surface area contributed by atoms with Crippen LogP contribution in [0.15, 0.2) is 71.3 Å². The number of rotatable bonds is 11. The Balaban J connectivity index is 1.30. The van der Waals surface area contributed by atoms with Gasteiger partial charge in [-0.3, -0.25) is 14.5 Å². The van der Waals surface area contributed by atoms with Crippen LogP contribution in [0.25, 0.3) is 0 Å². The summed E-state index contributed by atoms with van der Waals surface area (Å²) < 4.78 is 16.6. The molecule has 1 fully saturated rings. The van der Waals surface area contributed by atoms with E-state index in [2.05, 4.69) is 10.6 Å². The van der Waals surface area contributed by atoms with Crippen molar-refractivity contribution in [1.29, 1.82) is 0 Å². The van der Waals surface area contributed by atoms with Gasteiger partial charge in [-0.25, -0.2) is 0 Å². The molecule has 1 aliphatic rings. The quantitative estimate of drug-likeness (QED) is 0.421. The van der Waals surface area contributed by atoms with Crippen LogP contribution < -0.4 is 15.4 Å². The maximum atomic E-state index is 12.7. The number of hydrogen-bond donors (Lipinski definition) is 2. The van der Waals surface area contributed by atoms with Crippen LogP contribution in [0.3, 0.4) is 0 Å². The summed E-state index contributed by atoms with van der Waals surface area (Å²) in [5.41, 5.74) is 1.80. The summed E-state index contributed by atoms with van der Waals surface area (Å²) in [6, 6.07) is 17.8. The van der Waals surface area contributed by atoms with E-state index in [1.54, 1.807) is 42.7 Å². The Bertz CT molecular complexity index is 1080. The van der Waals surface area contributed by atoms with Crippen molar-refractivity contribution in [2.24, 2.45) is 0 Å². The Labute approximate surface area is 205 Å². The van der Waals surface area contributed by atoms with E-state index in [-0.39, 0.29) is 24.5 Å². The lowest BCUT2D eigenvalue weighted by molar-refractivity contribution is -0.117. The number of amides is 2. The topological polar surface area (TPSA) is 93.0 Å². The Morgan fingerprint density at radius 2 is 1.77 bits per heavy atom. The van der Waals surface area contributed by atoms with E-state index in [1.165, 1.54) is 0 Å². The molecule has 2 aromatic carbocycles. The zero-order valence-corrected chi connectivity index (χ0v) is 19.9. The number of benzene rings is 2. The highest BCUT2D eigenvalue weighted by atomic mass is 16.5. The third kappa shape index (κ3) is 7.43. The van der Waals surface area contributed by atoms with Crippen molar-refractivity contribution in [1.82, 2.24) is 4.90 Å². The molecule has 0 radical (unpaired) electrons. The lowest BCUT2D eigenvalue weighted by Crippen LogP contribution is -2.37. The second kappa shape index (κ2) is 12.2. The van der Waals surface area contributed by atoms with E-state index in [0.717, 1.165) is 31.0 Å². The van der Waals surface area contributed by atoms with E-state index in [1.807, 2.05) is 36.1 Å². The van der Waals surface area contributed by atoms with Gasteiger partial charge in [0.25, 0.3) is 5.91 Å². The second-order valence-electron chi connectivity index (χ2n) is 8.42. The van der Waals surface area contributed by atoms with Crippen molar-refractivity contribution in [3.63, 3.8) is 0 Å². The van der Waals surface area contributed by atoms with E-state index >= 15 is 0 Å². The average Bonchev–Trinajstić information content (AvgIpc) is 3.55. The van der Waals surface area contributed by atoms with Crippen molar-refractivity contribution < 1.29 is 23.5 Å². The number of carbonyl (C=O) groups excluding carboxylic acids is 2. The molecule has 1 aliphatic heterocycles. The van der Waals surface area contributed by atoms with E-state index in [4.69, 9.17) is 13.9 Å². The molecular formula is C27H31N3O5. The van der Waals surface area contributed by atoms with Gasteiger partial charge in [-0.05, 0) is 80.4 Å². The molecule has 2 amide bonds. The first-order chi connectivity index (χ1) is 17.1. The summed E-state index contributed by atoms with van der Waals surface area (Å²) in [6.07, 6.45) is 3.80. The molecule has 0 aliphatic carbocycles. The molecule has 3 aromatic rings. The van der Waals surface area contributed by atoms with E-state index < -0.39 is 0 Å². The molecular weight excluding hydrogens is 446 g/mol. The minimum atomic E-state index is -0.228. The van der Waals surface area contributed by atoms with Crippen LogP contribution in [0.1, 0.15) is 35.9 Å². The second-order valence-corrected chi connectivity index (χ2v) is 8.42. The van der Waals surface area contributed by atoms with Crippen LogP contribution in [0.4, 0.5) is 11.4 Å². The van der Waals surface area contributed by atoms with Gasteiger partial charge in [0.05, 0.1) is 32.1 Å². The third-order valence-corrected chi connectivity index (χ3v) is 5.67. The molecule has 0 spiro atoms. The first-order valence-corrected chi connectivity index (χ1v) is 11.9. The third-order valence-electron chi connectivity index (χ3n) is 5.67. The summed E-state index contributed by atoms with van der Waals surface area (Å²) >= 11 is 0. The van der Waals surface area contributed by atoms with Crippen LogP contribution in [0, 0.1) is 0 Å². The summed E-state index contributed by atoms with van der Waals surface area (Å²) in [4.78, 5) is 27.3. The maximum absolute atomic E-state index is 12.7. The summed E-state index contributed by atoms with van der Waals surface area (Å²) in [6.45, 7) is 4.68. The first-order valence-electron chi connectivity index (χ1n) is 11.9. The Morgan fingerprint density at radius 1 is 1.03 bits per heavy atom. The minimum absolute atomic E-state index is 0.130. The zero-order chi connectivity index (χ0) is 24.5. The predicted octanol–water partition coefficient (Wildman–Crippen LogP) is 4.55. The van der Waals surface area contributed by atoms with Gasteiger partial charge in [-0.15, -0.1) is 0 Å². The Hall–Kier alpha value is -3.62. The number of nitrogens with one attached hydrogen (secondary N) is 2. The van der Waals surface area contributed by atoms with Gasteiger partial charge in [0.15, 0.2) is 0 Å². The molecule has 1 saturated heterocycles. The van der Waals surface area contributed by atoms with Crippen molar-refractivity contribution in [3.8, 4) is 5.75 Å². The number of nitrogens with zero attached hydrogens (tertiary/aromatic N) is 1. The van der Waals surface area contributed by atoms with Crippen LogP contribution in [0.5, 0.6) is 5.75 Å². The van der Waals surface area contributed by atoms with Crippen LogP contribution >= 0.6 is 0 Å². The summed E-state index contributed by atoms with van der Waals surface area (Å²) in [7, 11) is 0. The first kappa shape index (κ1) is 24.5. The highest BCUT2D eigenvalue weighted by Gasteiger charge is 2.22. The predicted molar refractivity (Wildman–Crippen MR) is 134 cm³/mol. The lowest BCUT2D eigenvalue weighted by Gasteiger charge is -2.23. The molecule has 2 N–H and O–H groups in total. The minimum Gasteiger partial charge on any atom is -0.494 e. The fraction of sp³-hybridized carbons (Fsp3) is 0.333. The number of carbonyl (C=O) groups is 2. The highest BCUT2D eigenvalue weighted by Crippen LogP contribution is 2.18. The molecule has 1 atom stereocenters. The summed E-state index contributed by atoms with van der Waals surface area (Å²) in [5, 5.41) is 5.77. The molecule has 8 nitrogen and oxygen atoms in total. The molecule has 1 aromatic heterocycles. The number of anilines is 2. The monoisotopic (exact) mass is 477 g/mol. The van der Waals surface area contributed by atoms with E-state index in [0.29, 0.717) is 36.6 Å². The largest absolute Gasteiger partial charge is 0.494 e. The highest BCUT2D eigenvalue weighted by molar-refractivity contribution is 6.04. The zero-order valence-electron chi connectivity index (χ0n) is 19.9. The molecule has 2 heterocycles. The molecule has 0 bridgehead atoms. The molecule has 0 saturated carbocycles. The number of furan rings is 1. The Morgan fingerprint density at radius 3 is 2.43 bits per heavy atom. The molecule has 35 heavy (non-hydrogen) atoms. The van der Waals surface area contributed by atoms with Crippen molar-refractivity contribution in [2.75, 3.05) is 36.9 Å². The van der Waals surface area contributed by atoms with Gasteiger partial charge in [-0.2, -0.15) is 0 Å². The molecule has 8 heteroatoms. The van der Waals surface area contributed by atoms with Crippen LogP contribution in [-0.2, 0) is 16.1 Å². The fourth-order valence-electron chi connectivity index (χ4n) is 4.00. The van der Waals surface area contributed by atoms with Gasteiger partial charge in [0, 0.05) is 30.1 Å². The maximum Gasteiger partial charge on any atom is 0.255 e. The van der Waals surface area contributed by atoms with Gasteiger partial charge < -0.3 is 24.5 Å². The van der Waals surface area contributed by atoms with Gasteiger partial charge >= 0.3 is 0 Å². The molecule has 1 unspecified atom stereocenters. The number of ether oxygens (including phenoxy) is 2.